The van der Waals surface area contributed by atoms with Gasteiger partial charge in [-0.25, -0.2) is 4.79 Å². The quantitative estimate of drug-likeness (QED) is 0.716. The third-order valence-corrected chi connectivity index (χ3v) is 3.35. The molecule has 0 aromatic heterocycles. The highest BCUT2D eigenvalue weighted by atomic mass is 16.2. The van der Waals surface area contributed by atoms with Gasteiger partial charge in [0.05, 0.1) is 0 Å². The SMILES string of the molecule is C=C(C)CN1C(=NCCC)NC2C1C(=O)NC(=O)N2C. The number of carbonyl (C=O) groups is 2. The second-order valence-electron chi connectivity index (χ2n) is 5.23. The molecule has 7 heteroatoms. The van der Waals surface area contributed by atoms with Crippen LogP contribution in [-0.2, 0) is 4.79 Å². The van der Waals surface area contributed by atoms with Crippen molar-refractivity contribution in [2.75, 3.05) is 20.1 Å². The molecule has 2 heterocycles. The molecular weight excluding hydrogens is 258 g/mol. The van der Waals surface area contributed by atoms with Crippen molar-refractivity contribution >= 4 is 17.9 Å². The highest BCUT2D eigenvalue weighted by molar-refractivity contribution is 6.04. The lowest BCUT2D eigenvalue weighted by atomic mass is 10.1. The van der Waals surface area contributed by atoms with Crippen LogP contribution in [0.1, 0.15) is 20.3 Å². The smallest absolute Gasteiger partial charge is 0.325 e. The average Bonchev–Trinajstić information content (AvgIpc) is 2.72. The highest BCUT2D eigenvalue weighted by Gasteiger charge is 2.49. The number of likely N-dealkylation sites (N-methyl/N-ethyl adjacent to an activating group) is 1. The molecule has 0 spiro atoms. The predicted octanol–water partition coefficient (Wildman–Crippen LogP) is 0.110. The number of imide groups is 1. The standard InChI is InChI=1S/C13H21N5O2/c1-5-6-14-12-15-10-9(18(12)7-8(2)3)11(19)16-13(20)17(10)4/h9-10H,2,5-7H2,1,3-4H3,(H,14,15)(H,16,19,20). The summed E-state index contributed by atoms with van der Waals surface area (Å²) in [4.78, 5) is 31.6. The molecule has 2 aliphatic rings. The van der Waals surface area contributed by atoms with Crippen molar-refractivity contribution in [2.24, 2.45) is 4.99 Å². The molecule has 20 heavy (non-hydrogen) atoms. The molecule has 110 valence electrons. The predicted molar refractivity (Wildman–Crippen MR) is 76.1 cm³/mol. The van der Waals surface area contributed by atoms with Crippen molar-refractivity contribution in [3.8, 4) is 0 Å². The molecule has 2 N–H and O–H groups in total. The Morgan fingerprint density at radius 3 is 2.75 bits per heavy atom. The van der Waals surface area contributed by atoms with Crippen LogP contribution in [0.2, 0.25) is 0 Å². The maximum atomic E-state index is 12.1. The summed E-state index contributed by atoms with van der Waals surface area (Å²) in [6.07, 6.45) is 0.536. The van der Waals surface area contributed by atoms with Crippen molar-refractivity contribution < 1.29 is 9.59 Å². The summed E-state index contributed by atoms with van der Waals surface area (Å²) in [5.74, 6) is 0.357. The maximum absolute atomic E-state index is 12.1. The first-order valence-corrected chi connectivity index (χ1v) is 6.75. The van der Waals surface area contributed by atoms with Gasteiger partial charge in [-0.2, -0.15) is 0 Å². The molecule has 0 aliphatic carbocycles. The van der Waals surface area contributed by atoms with E-state index in [0.717, 1.165) is 12.0 Å². The monoisotopic (exact) mass is 279 g/mol. The zero-order valence-corrected chi connectivity index (χ0v) is 12.1. The van der Waals surface area contributed by atoms with E-state index in [1.165, 1.54) is 4.90 Å². The molecule has 0 radical (unpaired) electrons. The van der Waals surface area contributed by atoms with Crippen LogP contribution in [0.15, 0.2) is 17.1 Å². The zero-order chi connectivity index (χ0) is 14.9. The van der Waals surface area contributed by atoms with E-state index < -0.39 is 12.1 Å². The van der Waals surface area contributed by atoms with Crippen molar-refractivity contribution in [1.82, 2.24) is 20.4 Å². The van der Waals surface area contributed by atoms with Gasteiger partial charge < -0.3 is 15.1 Å². The minimum Gasteiger partial charge on any atom is -0.333 e. The minimum atomic E-state index is -0.468. The normalized spacial score (nSPS) is 27.4. The second kappa shape index (κ2) is 5.52. The number of urea groups is 1. The van der Waals surface area contributed by atoms with Crippen LogP contribution in [0.5, 0.6) is 0 Å². The maximum Gasteiger partial charge on any atom is 0.325 e. The largest absolute Gasteiger partial charge is 0.333 e. The van der Waals surface area contributed by atoms with Crippen LogP contribution in [0, 0.1) is 0 Å². The number of hydrogen-bond acceptors (Lipinski definition) is 3. The van der Waals surface area contributed by atoms with Gasteiger partial charge in [-0.3, -0.25) is 15.1 Å². The second-order valence-corrected chi connectivity index (χ2v) is 5.23. The number of carbonyl (C=O) groups excluding carboxylic acids is 2. The van der Waals surface area contributed by atoms with Gasteiger partial charge in [0.15, 0.2) is 12.0 Å². The van der Waals surface area contributed by atoms with Crippen LogP contribution < -0.4 is 10.6 Å². The van der Waals surface area contributed by atoms with E-state index >= 15 is 0 Å². The number of guanidine groups is 1. The first-order chi connectivity index (χ1) is 9.45. The molecule has 2 atom stereocenters. The molecule has 2 aliphatic heterocycles. The number of fused-ring (bicyclic) bond motifs is 1. The summed E-state index contributed by atoms with van der Waals surface area (Å²) in [5, 5.41) is 5.53. The van der Waals surface area contributed by atoms with E-state index in [4.69, 9.17) is 0 Å². The van der Waals surface area contributed by atoms with Crippen molar-refractivity contribution in [1.29, 1.82) is 0 Å². The van der Waals surface area contributed by atoms with Crippen molar-refractivity contribution in [3.63, 3.8) is 0 Å². The van der Waals surface area contributed by atoms with Gasteiger partial charge in [0.1, 0.15) is 6.17 Å². The van der Waals surface area contributed by atoms with Crippen LogP contribution in [0.25, 0.3) is 0 Å². The summed E-state index contributed by atoms with van der Waals surface area (Å²) in [6, 6.07) is -0.860. The fourth-order valence-corrected chi connectivity index (χ4v) is 2.40. The van der Waals surface area contributed by atoms with Crippen molar-refractivity contribution in [2.45, 2.75) is 32.5 Å². The number of aliphatic imine (C=N–C) groups is 1. The summed E-state index contributed by atoms with van der Waals surface area (Å²) >= 11 is 0. The Bertz CT molecular complexity index is 473. The molecule has 2 unspecified atom stereocenters. The van der Waals surface area contributed by atoms with Crippen LogP contribution >= 0.6 is 0 Å². The van der Waals surface area contributed by atoms with E-state index in [-0.39, 0.29) is 12.1 Å². The first-order valence-electron chi connectivity index (χ1n) is 6.75. The molecule has 0 aromatic carbocycles. The fourth-order valence-electron chi connectivity index (χ4n) is 2.40. The Labute approximate surface area is 118 Å². The Morgan fingerprint density at radius 2 is 2.15 bits per heavy atom. The van der Waals surface area contributed by atoms with Gasteiger partial charge in [-0.15, -0.1) is 0 Å². The van der Waals surface area contributed by atoms with Crippen LogP contribution in [-0.4, -0.2) is 60.0 Å². The van der Waals surface area contributed by atoms with Gasteiger partial charge >= 0.3 is 6.03 Å². The molecule has 2 rings (SSSR count). The Hall–Kier alpha value is -2.05. The number of hydrogen-bond donors (Lipinski definition) is 2. The van der Waals surface area contributed by atoms with Gasteiger partial charge in [0, 0.05) is 20.1 Å². The van der Waals surface area contributed by atoms with Gasteiger partial charge in [0.2, 0.25) is 0 Å². The Kier molecular flexibility index (Phi) is 3.96. The van der Waals surface area contributed by atoms with E-state index in [1.807, 2.05) is 18.7 Å². The molecule has 2 fully saturated rings. The van der Waals surface area contributed by atoms with E-state index in [1.54, 1.807) is 7.05 Å². The van der Waals surface area contributed by atoms with Crippen molar-refractivity contribution in [3.05, 3.63) is 12.2 Å². The van der Waals surface area contributed by atoms with E-state index in [2.05, 4.69) is 22.2 Å². The molecule has 7 nitrogen and oxygen atoms in total. The average molecular weight is 279 g/mol. The van der Waals surface area contributed by atoms with E-state index in [0.29, 0.717) is 19.0 Å². The summed E-state index contributed by atoms with van der Waals surface area (Å²) < 4.78 is 0. The lowest BCUT2D eigenvalue weighted by Gasteiger charge is -2.35. The van der Waals surface area contributed by atoms with Crippen LogP contribution in [0.3, 0.4) is 0 Å². The summed E-state index contributed by atoms with van der Waals surface area (Å²) in [6.45, 7) is 9.04. The molecule has 2 saturated heterocycles. The first kappa shape index (κ1) is 14.4. The zero-order valence-electron chi connectivity index (χ0n) is 12.1. The molecule has 3 amide bonds. The highest BCUT2D eigenvalue weighted by Crippen LogP contribution is 2.21. The van der Waals surface area contributed by atoms with Gasteiger partial charge in [0.25, 0.3) is 5.91 Å². The fraction of sp³-hybridized carbons (Fsp3) is 0.615. The molecule has 0 saturated carbocycles. The van der Waals surface area contributed by atoms with Crippen LogP contribution in [0.4, 0.5) is 4.79 Å². The lowest BCUT2D eigenvalue weighted by molar-refractivity contribution is -0.126. The molecule has 0 aromatic rings. The number of nitrogens with zero attached hydrogens (tertiary/aromatic N) is 3. The van der Waals surface area contributed by atoms with Gasteiger partial charge in [-0.05, 0) is 13.3 Å². The number of rotatable bonds is 4. The van der Waals surface area contributed by atoms with Gasteiger partial charge in [-0.1, -0.05) is 19.1 Å². The minimum absolute atomic E-state index is 0.298. The lowest BCUT2D eigenvalue weighted by Crippen LogP contribution is -2.64. The number of nitrogens with one attached hydrogen (secondary N) is 2. The summed E-state index contributed by atoms with van der Waals surface area (Å²) in [7, 11) is 1.66. The molecule has 0 bridgehead atoms. The Balaban J connectivity index is 2.31. The Morgan fingerprint density at radius 1 is 1.45 bits per heavy atom. The summed E-state index contributed by atoms with van der Waals surface area (Å²) in [5.41, 5.74) is 0.934. The third kappa shape index (κ3) is 2.48. The van der Waals surface area contributed by atoms with E-state index in [9.17, 15) is 9.59 Å². The third-order valence-electron chi connectivity index (χ3n) is 3.35. The number of amides is 3. The molecular formula is C13H21N5O2. The topological polar surface area (TPSA) is 77.0 Å².